The second-order valence-electron chi connectivity index (χ2n) is 8.24. The number of rotatable bonds is 13. The van der Waals surface area contributed by atoms with Gasteiger partial charge >= 0.3 is 12.0 Å². The summed E-state index contributed by atoms with van der Waals surface area (Å²) in [5.74, 6) is 2.13. The van der Waals surface area contributed by atoms with Crippen molar-refractivity contribution in [2.24, 2.45) is 0 Å². The van der Waals surface area contributed by atoms with Gasteiger partial charge in [0.15, 0.2) is 0 Å². The van der Waals surface area contributed by atoms with Gasteiger partial charge in [-0.3, -0.25) is 4.79 Å². The van der Waals surface area contributed by atoms with E-state index in [0.717, 1.165) is 47.6 Å². The normalized spacial score (nSPS) is 10.6. The first-order valence-electron chi connectivity index (χ1n) is 11.7. The fraction of sp³-hybridized carbons (Fsp3) is 0.370. The van der Waals surface area contributed by atoms with Crippen LogP contribution in [0.5, 0.6) is 23.3 Å². The number of nitrogens with zero attached hydrogens (tertiary/aromatic N) is 3. The summed E-state index contributed by atoms with van der Waals surface area (Å²) >= 11 is 0. The maximum absolute atomic E-state index is 10.9. The van der Waals surface area contributed by atoms with Crippen molar-refractivity contribution in [3.63, 3.8) is 0 Å². The van der Waals surface area contributed by atoms with Crippen LogP contribution in [-0.4, -0.2) is 48.4 Å². The van der Waals surface area contributed by atoms with Crippen LogP contribution in [0.1, 0.15) is 36.5 Å². The molecule has 1 heterocycles. The molecule has 1 N–H and O–H groups in total. The quantitative estimate of drug-likeness (QED) is 0.340. The van der Waals surface area contributed by atoms with Crippen LogP contribution in [-0.2, 0) is 17.6 Å². The third-order valence-electron chi connectivity index (χ3n) is 5.61. The number of methoxy groups -OCH3 is 1. The van der Waals surface area contributed by atoms with Gasteiger partial charge in [0.25, 0.3) is 0 Å². The van der Waals surface area contributed by atoms with Gasteiger partial charge in [-0.25, -0.2) is 4.98 Å². The second kappa shape index (κ2) is 12.6. The molecule has 1 aromatic heterocycles. The Morgan fingerprint density at radius 2 is 1.89 bits per heavy atom. The zero-order valence-corrected chi connectivity index (χ0v) is 20.8. The third-order valence-corrected chi connectivity index (χ3v) is 5.61. The molecule has 0 aliphatic carbocycles. The van der Waals surface area contributed by atoms with E-state index in [0.29, 0.717) is 24.5 Å². The number of carboxylic acid groups (broad SMARTS) is 1. The van der Waals surface area contributed by atoms with E-state index in [9.17, 15) is 4.79 Å². The molecule has 0 amide bonds. The maximum Gasteiger partial charge on any atom is 0.323 e. The Hall–Kier alpha value is -3.81. The van der Waals surface area contributed by atoms with Gasteiger partial charge in [-0.15, -0.1) is 0 Å². The largest absolute Gasteiger partial charge is 0.497 e. The molecule has 0 aliphatic rings. The van der Waals surface area contributed by atoms with Crippen LogP contribution in [0, 0.1) is 6.92 Å². The molecule has 0 unspecified atom stereocenters. The molecule has 3 rings (SSSR count). The van der Waals surface area contributed by atoms with Gasteiger partial charge < -0.3 is 24.2 Å². The van der Waals surface area contributed by atoms with Crippen molar-refractivity contribution in [2.75, 3.05) is 32.2 Å². The lowest BCUT2D eigenvalue weighted by Crippen LogP contribution is -2.22. The lowest BCUT2D eigenvalue weighted by atomic mass is 10.0. The number of ether oxygens (including phenoxy) is 3. The van der Waals surface area contributed by atoms with E-state index in [1.807, 2.05) is 50.4 Å². The van der Waals surface area contributed by atoms with Gasteiger partial charge in [0.05, 0.1) is 13.7 Å². The summed E-state index contributed by atoms with van der Waals surface area (Å²) in [5, 5.41) is 8.93. The van der Waals surface area contributed by atoms with E-state index >= 15 is 0 Å². The van der Waals surface area contributed by atoms with Crippen LogP contribution in [0.25, 0.3) is 0 Å². The van der Waals surface area contributed by atoms with E-state index in [1.54, 1.807) is 19.4 Å². The number of aliphatic carboxylic acids is 1. The van der Waals surface area contributed by atoms with Crippen molar-refractivity contribution in [3.05, 3.63) is 65.4 Å². The topological polar surface area (TPSA) is 94.0 Å². The van der Waals surface area contributed by atoms with Crippen LogP contribution < -0.4 is 19.1 Å². The predicted molar refractivity (Wildman–Crippen MR) is 135 cm³/mol. The molecule has 0 fully saturated rings. The highest BCUT2D eigenvalue weighted by Gasteiger charge is 2.11. The zero-order chi connectivity index (χ0) is 25.2. The van der Waals surface area contributed by atoms with Crippen molar-refractivity contribution in [1.29, 1.82) is 0 Å². The molecule has 0 spiro atoms. The summed E-state index contributed by atoms with van der Waals surface area (Å²) in [6, 6.07) is 13.5. The fourth-order valence-corrected chi connectivity index (χ4v) is 3.73. The summed E-state index contributed by atoms with van der Waals surface area (Å²) in [6.45, 7) is 5.33. The Kier molecular flexibility index (Phi) is 9.29. The van der Waals surface area contributed by atoms with E-state index in [4.69, 9.17) is 19.3 Å². The second-order valence-corrected chi connectivity index (χ2v) is 8.24. The first-order chi connectivity index (χ1) is 16.9. The van der Waals surface area contributed by atoms with E-state index in [1.165, 1.54) is 0 Å². The summed E-state index contributed by atoms with van der Waals surface area (Å²) in [6.07, 6.45) is 4.05. The minimum Gasteiger partial charge on any atom is -0.497 e. The lowest BCUT2D eigenvalue weighted by Gasteiger charge is -2.20. The SMILES string of the molecule is CCc1cc(OCCCN(C)c2nc(Oc3cccc(OC)c3)ncc2C)ccc1CCC(=O)O. The molecule has 0 saturated heterocycles. The number of aryl methyl sites for hydroxylation is 3. The Bertz CT molecular complexity index is 1140. The summed E-state index contributed by atoms with van der Waals surface area (Å²) in [4.78, 5) is 21.8. The minimum absolute atomic E-state index is 0.133. The number of anilines is 1. The van der Waals surface area contributed by atoms with Crippen LogP contribution in [0.2, 0.25) is 0 Å². The molecule has 8 nitrogen and oxygen atoms in total. The molecule has 3 aromatic rings. The van der Waals surface area contributed by atoms with Gasteiger partial charge in [-0.1, -0.05) is 19.1 Å². The fourth-order valence-electron chi connectivity index (χ4n) is 3.73. The van der Waals surface area contributed by atoms with Gasteiger partial charge in [0.2, 0.25) is 0 Å². The summed E-state index contributed by atoms with van der Waals surface area (Å²) < 4.78 is 17.0. The van der Waals surface area contributed by atoms with Crippen LogP contribution in [0.15, 0.2) is 48.7 Å². The molecule has 8 heteroatoms. The number of carboxylic acids is 1. The predicted octanol–water partition coefficient (Wildman–Crippen LogP) is 5.07. The Balaban J connectivity index is 1.54. The smallest absolute Gasteiger partial charge is 0.323 e. The van der Waals surface area contributed by atoms with Crippen molar-refractivity contribution in [2.45, 2.75) is 39.5 Å². The average Bonchev–Trinajstić information content (AvgIpc) is 2.86. The maximum atomic E-state index is 10.9. The van der Waals surface area contributed by atoms with Crippen LogP contribution in [0.4, 0.5) is 5.82 Å². The molecular weight excluding hydrogens is 446 g/mol. The Labute approximate surface area is 206 Å². The van der Waals surface area contributed by atoms with Gasteiger partial charge in [-0.2, -0.15) is 4.98 Å². The van der Waals surface area contributed by atoms with E-state index in [2.05, 4.69) is 21.8 Å². The van der Waals surface area contributed by atoms with Crippen molar-refractivity contribution in [3.8, 4) is 23.3 Å². The Morgan fingerprint density at radius 1 is 1.09 bits per heavy atom. The lowest BCUT2D eigenvalue weighted by molar-refractivity contribution is -0.136. The Morgan fingerprint density at radius 3 is 2.63 bits per heavy atom. The van der Waals surface area contributed by atoms with Gasteiger partial charge in [0.1, 0.15) is 23.1 Å². The molecular formula is C27H33N3O5. The highest BCUT2D eigenvalue weighted by Crippen LogP contribution is 2.25. The average molecular weight is 480 g/mol. The summed E-state index contributed by atoms with van der Waals surface area (Å²) in [5.41, 5.74) is 3.14. The molecule has 0 bridgehead atoms. The first kappa shape index (κ1) is 25.8. The van der Waals surface area contributed by atoms with Crippen molar-refractivity contribution >= 4 is 11.8 Å². The van der Waals surface area contributed by atoms with E-state index < -0.39 is 5.97 Å². The standard InChI is InChI=1S/C27H33N3O5/c1-5-20-16-23(12-10-21(20)11-13-25(31)32)34-15-7-14-30(3)26-19(2)18-28-27(29-26)35-24-9-6-8-22(17-24)33-4/h6,8-10,12,16-18H,5,7,11,13-15H2,1-4H3,(H,31,32). The van der Waals surface area contributed by atoms with Crippen molar-refractivity contribution < 1.29 is 24.1 Å². The monoisotopic (exact) mass is 479 g/mol. The number of benzene rings is 2. The molecule has 0 atom stereocenters. The first-order valence-corrected chi connectivity index (χ1v) is 11.7. The molecule has 35 heavy (non-hydrogen) atoms. The molecule has 186 valence electrons. The number of carbonyl (C=O) groups is 1. The molecule has 0 saturated carbocycles. The highest BCUT2D eigenvalue weighted by molar-refractivity contribution is 5.67. The number of hydrogen-bond acceptors (Lipinski definition) is 7. The molecule has 0 aliphatic heterocycles. The summed E-state index contributed by atoms with van der Waals surface area (Å²) in [7, 11) is 3.59. The highest BCUT2D eigenvalue weighted by atomic mass is 16.5. The van der Waals surface area contributed by atoms with Crippen molar-refractivity contribution in [1.82, 2.24) is 9.97 Å². The number of aromatic nitrogens is 2. The molecule has 0 radical (unpaired) electrons. The minimum atomic E-state index is -0.783. The van der Waals surface area contributed by atoms with E-state index in [-0.39, 0.29) is 12.4 Å². The van der Waals surface area contributed by atoms with Crippen LogP contribution >= 0.6 is 0 Å². The van der Waals surface area contributed by atoms with Gasteiger partial charge in [0, 0.05) is 37.8 Å². The van der Waals surface area contributed by atoms with Crippen LogP contribution in [0.3, 0.4) is 0 Å². The zero-order valence-electron chi connectivity index (χ0n) is 20.8. The molecule has 2 aromatic carbocycles. The number of hydrogen-bond donors (Lipinski definition) is 1. The third kappa shape index (κ3) is 7.60. The van der Waals surface area contributed by atoms with Gasteiger partial charge in [-0.05, 0) is 61.6 Å².